The summed E-state index contributed by atoms with van der Waals surface area (Å²) in [7, 11) is 1.57. The van der Waals surface area contributed by atoms with Gasteiger partial charge in [0.15, 0.2) is 5.78 Å². The molecule has 1 rings (SSSR count). The molecule has 0 spiro atoms. The first-order valence-corrected chi connectivity index (χ1v) is 6.63. The van der Waals surface area contributed by atoms with E-state index in [4.69, 9.17) is 14.9 Å². The van der Waals surface area contributed by atoms with E-state index in [1.54, 1.807) is 50.1 Å². The number of hydrogen-bond acceptors (Lipinski definition) is 5. The van der Waals surface area contributed by atoms with Crippen molar-refractivity contribution in [2.24, 2.45) is 0 Å². The molecule has 0 saturated carbocycles. The van der Waals surface area contributed by atoms with Crippen molar-refractivity contribution in [3.63, 3.8) is 0 Å². The Labute approximate surface area is 119 Å². The largest absolute Gasteiger partial charge is 0.497 e. The zero-order valence-corrected chi connectivity index (χ0v) is 12.3. The number of ether oxygens (including phenoxy) is 1. The fraction of sp³-hybridized carbons (Fsp3) is 0.533. The molecule has 0 bridgehead atoms. The number of hydrogen-bond donors (Lipinski definition) is 2. The van der Waals surface area contributed by atoms with E-state index in [0.29, 0.717) is 24.4 Å². The second kappa shape index (κ2) is 7.38. The van der Waals surface area contributed by atoms with Crippen molar-refractivity contribution in [3.8, 4) is 5.75 Å². The first-order chi connectivity index (χ1) is 9.47. The van der Waals surface area contributed by atoms with E-state index in [9.17, 15) is 4.79 Å². The van der Waals surface area contributed by atoms with Crippen LogP contribution in [0.25, 0.3) is 0 Å². The van der Waals surface area contributed by atoms with Gasteiger partial charge in [0, 0.05) is 18.7 Å². The van der Waals surface area contributed by atoms with Crippen LogP contribution in [-0.4, -0.2) is 59.8 Å². The summed E-state index contributed by atoms with van der Waals surface area (Å²) >= 11 is 0. The number of rotatable bonds is 8. The summed E-state index contributed by atoms with van der Waals surface area (Å²) in [5, 5.41) is 18.2. The first kappa shape index (κ1) is 16.6. The third-order valence-corrected chi connectivity index (χ3v) is 3.44. The van der Waals surface area contributed by atoms with Gasteiger partial charge in [-0.25, -0.2) is 0 Å². The van der Waals surface area contributed by atoms with Crippen LogP contribution in [0.15, 0.2) is 24.3 Å². The highest BCUT2D eigenvalue weighted by molar-refractivity contribution is 6.02. The molecule has 0 saturated heterocycles. The molecule has 0 aliphatic heterocycles. The minimum Gasteiger partial charge on any atom is -0.497 e. The molecule has 0 unspecified atom stereocenters. The normalized spacial score (nSPS) is 11.7. The Balaban J connectivity index is 2.95. The Bertz CT molecular complexity index is 422. The standard InChI is InChI=1S/C15H23NO4/c1-15(2,16(8-10-17)9-11-18)14(19)12-4-6-13(20-3)7-5-12/h4-7,17-18H,8-11H2,1-3H3. The van der Waals surface area contributed by atoms with E-state index in [1.165, 1.54) is 0 Å². The number of β-amino-alcohol motifs (C(OH)–C–C–N with tert-alkyl or cyclic N) is 2. The lowest BCUT2D eigenvalue weighted by molar-refractivity contribution is 0.0516. The van der Waals surface area contributed by atoms with E-state index in [1.807, 2.05) is 0 Å². The minimum absolute atomic E-state index is 0.0537. The van der Waals surface area contributed by atoms with Crippen LogP contribution in [0.2, 0.25) is 0 Å². The summed E-state index contributed by atoms with van der Waals surface area (Å²) in [4.78, 5) is 14.4. The van der Waals surface area contributed by atoms with Gasteiger partial charge < -0.3 is 14.9 Å². The van der Waals surface area contributed by atoms with Crippen LogP contribution in [-0.2, 0) is 0 Å². The number of aliphatic hydroxyl groups is 2. The maximum atomic E-state index is 12.6. The monoisotopic (exact) mass is 281 g/mol. The highest BCUT2D eigenvalue weighted by atomic mass is 16.5. The number of nitrogens with zero attached hydrogens (tertiary/aromatic N) is 1. The fourth-order valence-electron chi connectivity index (χ4n) is 2.15. The van der Waals surface area contributed by atoms with Crippen LogP contribution < -0.4 is 4.74 Å². The third kappa shape index (κ3) is 3.79. The van der Waals surface area contributed by atoms with Gasteiger partial charge in [0.1, 0.15) is 5.75 Å². The highest BCUT2D eigenvalue weighted by Crippen LogP contribution is 2.22. The van der Waals surface area contributed by atoms with E-state index < -0.39 is 5.54 Å². The lowest BCUT2D eigenvalue weighted by atomic mass is 9.91. The van der Waals surface area contributed by atoms with Crippen LogP contribution in [0.3, 0.4) is 0 Å². The lowest BCUT2D eigenvalue weighted by Gasteiger charge is -2.36. The molecule has 0 radical (unpaired) electrons. The molecular weight excluding hydrogens is 258 g/mol. The summed E-state index contributed by atoms with van der Waals surface area (Å²) < 4.78 is 5.07. The number of Topliss-reactive ketones (excluding diaryl/α,β-unsaturated/α-hetero) is 1. The summed E-state index contributed by atoms with van der Waals surface area (Å²) in [6, 6.07) is 6.93. The van der Waals surface area contributed by atoms with Gasteiger partial charge in [-0.1, -0.05) is 0 Å². The smallest absolute Gasteiger partial charge is 0.182 e. The average Bonchev–Trinajstić information content (AvgIpc) is 2.46. The topological polar surface area (TPSA) is 70.0 Å². The molecule has 0 aromatic heterocycles. The zero-order chi connectivity index (χ0) is 15.2. The molecule has 0 atom stereocenters. The van der Waals surface area contributed by atoms with Crippen molar-refractivity contribution in [1.29, 1.82) is 0 Å². The predicted molar refractivity (Wildman–Crippen MR) is 77.1 cm³/mol. The van der Waals surface area contributed by atoms with Gasteiger partial charge >= 0.3 is 0 Å². The van der Waals surface area contributed by atoms with Gasteiger partial charge in [-0.15, -0.1) is 0 Å². The molecule has 5 nitrogen and oxygen atoms in total. The number of methoxy groups -OCH3 is 1. The summed E-state index contributed by atoms with van der Waals surface area (Å²) in [5.41, 5.74) is -0.211. The van der Waals surface area contributed by atoms with Crippen LogP contribution in [0.1, 0.15) is 24.2 Å². The fourth-order valence-corrected chi connectivity index (χ4v) is 2.15. The molecule has 1 aromatic rings. The molecule has 2 N–H and O–H groups in total. The van der Waals surface area contributed by atoms with E-state index >= 15 is 0 Å². The van der Waals surface area contributed by atoms with E-state index in [0.717, 1.165) is 0 Å². The molecule has 1 aromatic carbocycles. The first-order valence-electron chi connectivity index (χ1n) is 6.63. The van der Waals surface area contributed by atoms with E-state index in [2.05, 4.69) is 0 Å². The quantitative estimate of drug-likeness (QED) is 0.694. The van der Waals surface area contributed by atoms with Gasteiger partial charge in [0.2, 0.25) is 0 Å². The zero-order valence-electron chi connectivity index (χ0n) is 12.3. The van der Waals surface area contributed by atoms with Crippen molar-refractivity contribution >= 4 is 5.78 Å². The van der Waals surface area contributed by atoms with Crippen molar-refractivity contribution in [1.82, 2.24) is 4.90 Å². The molecule has 20 heavy (non-hydrogen) atoms. The van der Waals surface area contributed by atoms with Crippen LogP contribution >= 0.6 is 0 Å². The van der Waals surface area contributed by atoms with Crippen LogP contribution in [0.5, 0.6) is 5.75 Å². The number of carbonyl (C=O) groups is 1. The van der Waals surface area contributed by atoms with Crippen LogP contribution in [0.4, 0.5) is 0 Å². The Morgan fingerprint density at radius 1 is 1.15 bits per heavy atom. The van der Waals surface area contributed by atoms with Crippen molar-refractivity contribution in [2.45, 2.75) is 19.4 Å². The maximum Gasteiger partial charge on any atom is 0.182 e. The van der Waals surface area contributed by atoms with Gasteiger partial charge in [-0.3, -0.25) is 9.69 Å². The van der Waals surface area contributed by atoms with Gasteiger partial charge in [0.25, 0.3) is 0 Å². The summed E-state index contributed by atoms with van der Waals surface area (Å²) in [6.45, 7) is 4.17. The van der Waals surface area contributed by atoms with Gasteiger partial charge in [-0.2, -0.15) is 0 Å². The minimum atomic E-state index is -0.792. The van der Waals surface area contributed by atoms with Crippen molar-refractivity contribution < 1.29 is 19.7 Å². The molecule has 0 aliphatic rings. The molecule has 0 amide bonds. The lowest BCUT2D eigenvalue weighted by Crippen LogP contribution is -2.52. The predicted octanol–water partition coefficient (Wildman–Crippen LogP) is 0.943. The Morgan fingerprint density at radius 3 is 2.05 bits per heavy atom. The molecule has 112 valence electrons. The second-order valence-electron chi connectivity index (χ2n) is 5.05. The highest BCUT2D eigenvalue weighted by Gasteiger charge is 2.34. The SMILES string of the molecule is COc1ccc(C(=O)C(C)(C)N(CCO)CCO)cc1. The van der Waals surface area contributed by atoms with Crippen molar-refractivity contribution in [3.05, 3.63) is 29.8 Å². The molecule has 0 aliphatic carbocycles. The summed E-state index contributed by atoms with van der Waals surface area (Å²) in [5.74, 6) is 0.643. The number of carbonyl (C=O) groups excluding carboxylic acids is 1. The van der Waals surface area contributed by atoms with Gasteiger partial charge in [0.05, 0.1) is 25.9 Å². The maximum absolute atomic E-state index is 12.6. The Hall–Kier alpha value is -1.43. The Morgan fingerprint density at radius 2 is 1.65 bits per heavy atom. The number of aliphatic hydroxyl groups excluding tert-OH is 2. The Kier molecular flexibility index (Phi) is 6.13. The van der Waals surface area contributed by atoms with Crippen molar-refractivity contribution in [2.75, 3.05) is 33.4 Å². The molecular formula is C15H23NO4. The molecule has 5 heteroatoms. The average molecular weight is 281 g/mol. The molecule has 0 fully saturated rings. The second-order valence-corrected chi connectivity index (χ2v) is 5.05. The van der Waals surface area contributed by atoms with Crippen LogP contribution in [0, 0.1) is 0 Å². The summed E-state index contributed by atoms with van der Waals surface area (Å²) in [6.07, 6.45) is 0. The third-order valence-electron chi connectivity index (χ3n) is 3.44. The number of benzene rings is 1. The van der Waals surface area contributed by atoms with E-state index in [-0.39, 0.29) is 19.0 Å². The molecule has 0 heterocycles. The van der Waals surface area contributed by atoms with Gasteiger partial charge in [-0.05, 0) is 38.1 Å². The number of ketones is 1.